The maximum atomic E-state index is 14.2. The van der Waals surface area contributed by atoms with Crippen LogP contribution in [0.15, 0.2) is 30.3 Å². The second kappa shape index (κ2) is 8.73. The van der Waals surface area contributed by atoms with Gasteiger partial charge >= 0.3 is 0 Å². The van der Waals surface area contributed by atoms with Gasteiger partial charge in [0.1, 0.15) is 12.3 Å². The zero-order chi connectivity index (χ0) is 16.8. The Kier molecular flexibility index (Phi) is 6.96. The molecule has 1 aliphatic rings. The highest BCUT2D eigenvalue weighted by Gasteiger charge is 2.45. The first-order valence-electron chi connectivity index (χ1n) is 8.17. The molecule has 1 saturated heterocycles. The Morgan fingerprint density at radius 3 is 2.52 bits per heavy atom. The molecular weight excluding hydrogens is 299 g/mol. The van der Waals surface area contributed by atoms with Crippen LogP contribution in [-0.2, 0) is 20.8 Å². The molecule has 1 aromatic rings. The van der Waals surface area contributed by atoms with E-state index in [1.807, 2.05) is 44.2 Å². The molecule has 2 rings (SSSR count). The van der Waals surface area contributed by atoms with Gasteiger partial charge < -0.3 is 19.3 Å². The highest BCUT2D eigenvalue weighted by molar-refractivity contribution is 5.13. The lowest BCUT2D eigenvalue weighted by Gasteiger charge is -2.44. The largest absolute Gasteiger partial charge is 0.396 e. The molecule has 0 aliphatic carbocycles. The van der Waals surface area contributed by atoms with Crippen LogP contribution in [0.3, 0.4) is 0 Å². The first-order chi connectivity index (χ1) is 11.1. The topological polar surface area (TPSA) is 47.9 Å². The summed E-state index contributed by atoms with van der Waals surface area (Å²) >= 11 is 0. The molecule has 6 atom stereocenters. The van der Waals surface area contributed by atoms with Crippen LogP contribution >= 0.6 is 0 Å². The summed E-state index contributed by atoms with van der Waals surface area (Å²) < 4.78 is 31.4. The molecule has 0 spiro atoms. The maximum Gasteiger partial charge on any atom is 0.184 e. The van der Waals surface area contributed by atoms with E-state index in [2.05, 4.69) is 0 Å². The van der Waals surface area contributed by atoms with Gasteiger partial charge in [0.25, 0.3) is 0 Å². The molecular formula is C18H27FO4. The Morgan fingerprint density at radius 2 is 1.91 bits per heavy atom. The summed E-state index contributed by atoms with van der Waals surface area (Å²) in [6.07, 6.45) is -2.57. The van der Waals surface area contributed by atoms with E-state index in [1.165, 1.54) is 0 Å². The van der Waals surface area contributed by atoms with E-state index in [-0.39, 0.29) is 31.0 Å². The zero-order valence-corrected chi connectivity index (χ0v) is 14.0. The molecule has 23 heavy (non-hydrogen) atoms. The Hall–Kier alpha value is -1.01. The van der Waals surface area contributed by atoms with Gasteiger partial charge in [-0.25, -0.2) is 4.39 Å². The maximum absolute atomic E-state index is 14.2. The minimum absolute atomic E-state index is 0.0243. The number of aliphatic hydroxyl groups is 1. The normalized spacial score (nSPS) is 32.7. The Labute approximate surface area is 137 Å². The highest BCUT2D eigenvalue weighted by atomic mass is 19.1. The molecule has 5 heteroatoms. The molecule has 1 aromatic carbocycles. The number of halogens is 1. The lowest BCUT2D eigenvalue weighted by molar-refractivity contribution is -0.284. The third-order valence-corrected chi connectivity index (χ3v) is 4.70. The van der Waals surface area contributed by atoms with E-state index in [0.29, 0.717) is 6.61 Å². The smallest absolute Gasteiger partial charge is 0.184 e. The van der Waals surface area contributed by atoms with Crippen LogP contribution < -0.4 is 0 Å². The molecule has 0 aromatic heterocycles. The average molecular weight is 326 g/mol. The number of alkyl halides is 1. The van der Waals surface area contributed by atoms with Crippen LogP contribution in [0.25, 0.3) is 0 Å². The van der Waals surface area contributed by atoms with E-state index in [1.54, 1.807) is 7.11 Å². The van der Waals surface area contributed by atoms with Crippen LogP contribution in [-0.4, -0.2) is 43.5 Å². The van der Waals surface area contributed by atoms with E-state index in [0.717, 1.165) is 5.56 Å². The molecule has 2 unspecified atom stereocenters. The average Bonchev–Trinajstić information content (AvgIpc) is 2.57. The van der Waals surface area contributed by atoms with Crippen molar-refractivity contribution in [3.8, 4) is 0 Å². The van der Waals surface area contributed by atoms with Crippen molar-refractivity contribution in [2.45, 2.75) is 51.5 Å². The van der Waals surface area contributed by atoms with Gasteiger partial charge in [-0.1, -0.05) is 44.2 Å². The van der Waals surface area contributed by atoms with Gasteiger partial charge in [0.05, 0.1) is 12.7 Å². The van der Waals surface area contributed by atoms with Crippen molar-refractivity contribution in [2.24, 2.45) is 11.8 Å². The first-order valence-corrected chi connectivity index (χ1v) is 8.17. The molecule has 1 heterocycles. The third kappa shape index (κ3) is 4.51. The van der Waals surface area contributed by atoms with Gasteiger partial charge in [-0.2, -0.15) is 0 Å². The summed E-state index contributed by atoms with van der Waals surface area (Å²) in [7, 11) is 1.54. The quantitative estimate of drug-likeness (QED) is 0.837. The van der Waals surface area contributed by atoms with Gasteiger partial charge in [-0.15, -0.1) is 0 Å². The zero-order valence-electron chi connectivity index (χ0n) is 14.0. The van der Waals surface area contributed by atoms with Crippen LogP contribution in [0.4, 0.5) is 4.39 Å². The Morgan fingerprint density at radius 1 is 1.22 bits per heavy atom. The number of aliphatic hydroxyl groups excluding tert-OH is 1. The van der Waals surface area contributed by atoms with Gasteiger partial charge in [-0.3, -0.25) is 0 Å². The number of rotatable bonds is 7. The van der Waals surface area contributed by atoms with Gasteiger partial charge in [0, 0.05) is 20.1 Å². The molecule has 0 amide bonds. The highest BCUT2D eigenvalue weighted by Crippen LogP contribution is 2.36. The molecule has 1 fully saturated rings. The van der Waals surface area contributed by atoms with Crippen molar-refractivity contribution >= 4 is 0 Å². The minimum Gasteiger partial charge on any atom is -0.396 e. The summed E-state index contributed by atoms with van der Waals surface area (Å²) in [5.74, 6) is 0.0584. The SMILES string of the molecule is CO[C@H]1OC([C@@H](F)CCO)[C@@H](C)[C@H](C)C1OCc1ccccc1. The van der Waals surface area contributed by atoms with Crippen LogP contribution in [0.5, 0.6) is 0 Å². The predicted molar refractivity (Wildman–Crippen MR) is 85.6 cm³/mol. The molecule has 0 bridgehead atoms. The molecule has 1 aliphatic heterocycles. The lowest BCUT2D eigenvalue weighted by Crippen LogP contribution is -2.53. The van der Waals surface area contributed by atoms with Crippen molar-refractivity contribution < 1.29 is 23.7 Å². The van der Waals surface area contributed by atoms with Crippen molar-refractivity contribution in [3.63, 3.8) is 0 Å². The third-order valence-electron chi connectivity index (χ3n) is 4.70. The second-order valence-electron chi connectivity index (χ2n) is 6.21. The molecule has 0 radical (unpaired) electrons. The second-order valence-corrected chi connectivity index (χ2v) is 6.21. The monoisotopic (exact) mass is 326 g/mol. The lowest BCUT2D eigenvalue weighted by atomic mass is 9.81. The van der Waals surface area contributed by atoms with Gasteiger partial charge in [0.15, 0.2) is 6.29 Å². The molecule has 4 nitrogen and oxygen atoms in total. The Bertz CT molecular complexity index is 454. The predicted octanol–water partition coefficient (Wildman–Crippen LogP) is 2.94. The van der Waals surface area contributed by atoms with Crippen molar-refractivity contribution in [2.75, 3.05) is 13.7 Å². The van der Waals surface area contributed by atoms with Gasteiger partial charge in [0.2, 0.25) is 0 Å². The summed E-state index contributed by atoms with van der Waals surface area (Å²) in [4.78, 5) is 0. The molecule has 0 saturated carbocycles. The van der Waals surface area contributed by atoms with Crippen LogP contribution in [0.2, 0.25) is 0 Å². The van der Waals surface area contributed by atoms with Crippen molar-refractivity contribution in [3.05, 3.63) is 35.9 Å². The van der Waals surface area contributed by atoms with E-state index < -0.39 is 18.6 Å². The molecule has 130 valence electrons. The minimum atomic E-state index is -1.20. The fourth-order valence-corrected chi connectivity index (χ4v) is 3.09. The van der Waals surface area contributed by atoms with Crippen LogP contribution in [0, 0.1) is 11.8 Å². The van der Waals surface area contributed by atoms with E-state index >= 15 is 0 Å². The van der Waals surface area contributed by atoms with Crippen molar-refractivity contribution in [1.29, 1.82) is 0 Å². The standard InChI is InChI=1S/C18H27FO4/c1-12-13(2)17(22-11-14-7-5-4-6-8-14)18(21-3)23-16(12)15(19)9-10-20/h4-8,12-13,15-18,20H,9-11H2,1-3H3/t12-,13-,15-,16?,17?,18-/m0/s1. The number of methoxy groups -OCH3 is 1. The molecule has 1 N–H and O–H groups in total. The summed E-state index contributed by atoms with van der Waals surface area (Å²) in [5, 5.41) is 8.95. The van der Waals surface area contributed by atoms with Crippen LogP contribution in [0.1, 0.15) is 25.8 Å². The van der Waals surface area contributed by atoms with Crippen molar-refractivity contribution in [1.82, 2.24) is 0 Å². The number of ether oxygens (including phenoxy) is 3. The number of hydrogen-bond acceptors (Lipinski definition) is 4. The first kappa shape index (κ1) is 18.3. The van der Waals surface area contributed by atoms with Gasteiger partial charge in [-0.05, 0) is 17.4 Å². The summed E-state index contributed by atoms with van der Waals surface area (Å²) in [6.45, 7) is 4.28. The van der Waals surface area contributed by atoms with E-state index in [9.17, 15) is 4.39 Å². The fourth-order valence-electron chi connectivity index (χ4n) is 3.09. The summed E-state index contributed by atoms with van der Waals surface area (Å²) in [5.41, 5.74) is 1.08. The summed E-state index contributed by atoms with van der Waals surface area (Å²) in [6, 6.07) is 9.90. The van der Waals surface area contributed by atoms with E-state index in [4.69, 9.17) is 19.3 Å². The number of benzene rings is 1. The fraction of sp³-hybridized carbons (Fsp3) is 0.667. The number of hydrogen-bond donors (Lipinski definition) is 1. The Balaban J connectivity index is 2.02.